The first-order valence-electron chi connectivity index (χ1n) is 7.08. The van der Waals surface area contributed by atoms with Gasteiger partial charge in [0, 0.05) is 30.4 Å². The molecule has 2 aliphatic carbocycles. The Labute approximate surface area is 109 Å². The number of likely N-dealkylation sites (N-methyl/N-ethyl adjacent to an activating group) is 1. The molecule has 0 amide bonds. The molecule has 1 heterocycles. The van der Waals surface area contributed by atoms with Crippen LogP contribution >= 0.6 is 0 Å². The van der Waals surface area contributed by atoms with Crippen molar-refractivity contribution in [1.29, 1.82) is 0 Å². The molecule has 0 aromatic carbocycles. The van der Waals surface area contributed by atoms with Crippen LogP contribution in [-0.4, -0.2) is 29.1 Å². The van der Waals surface area contributed by atoms with Crippen molar-refractivity contribution in [3.8, 4) is 0 Å². The van der Waals surface area contributed by atoms with E-state index in [1.807, 2.05) is 0 Å². The molecule has 3 rings (SSSR count). The number of aromatic nitrogens is 2. The van der Waals surface area contributed by atoms with Gasteiger partial charge in [-0.25, -0.2) is 9.97 Å². The van der Waals surface area contributed by atoms with E-state index in [0.717, 1.165) is 25.1 Å². The standard InChI is InChI=1S/C14H22N4/c1-18(13-8-3-2-6-11(13)15)14-10-5-4-7-12(10)16-9-17-14/h9,11,13H,2-8,15H2,1H3. The number of fused-ring (bicyclic) bond motifs is 1. The molecule has 1 fully saturated rings. The lowest BCUT2D eigenvalue weighted by molar-refractivity contribution is 0.372. The summed E-state index contributed by atoms with van der Waals surface area (Å²) in [5.41, 5.74) is 8.88. The molecule has 0 bridgehead atoms. The zero-order valence-corrected chi connectivity index (χ0v) is 11.1. The fourth-order valence-corrected chi connectivity index (χ4v) is 3.42. The summed E-state index contributed by atoms with van der Waals surface area (Å²) in [6, 6.07) is 0.731. The Balaban J connectivity index is 1.88. The Morgan fingerprint density at radius 1 is 1.17 bits per heavy atom. The highest BCUT2D eigenvalue weighted by molar-refractivity contribution is 5.51. The van der Waals surface area contributed by atoms with Gasteiger partial charge < -0.3 is 10.6 Å². The summed E-state index contributed by atoms with van der Waals surface area (Å²) >= 11 is 0. The van der Waals surface area contributed by atoms with Gasteiger partial charge in [0.25, 0.3) is 0 Å². The number of rotatable bonds is 2. The summed E-state index contributed by atoms with van der Waals surface area (Å²) in [6.45, 7) is 0. The van der Waals surface area contributed by atoms with Gasteiger partial charge in [0.1, 0.15) is 12.1 Å². The van der Waals surface area contributed by atoms with Gasteiger partial charge in [0.15, 0.2) is 0 Å². The van der Waals surface area contributed by atoms with Crippen LogP contribution in [0.2, 0.25) is 0 Å². The van der Waals surface area contributed by atoms with Crippen LogP contribution in [0.25, 0.3) is 0 Å². The Kier molecular flexibility index (Phi) is 3.20. The molecule has 2 unspecified atom stereocenters. The van der Waals surface area contributed by atoms with Crippen molar-refractivity contribution in [3.63, 3.8) is 0 Å². The molecule has 0 spiro atoms. The van der Waals surface area contributed by atoms with Gasteiger partial charge in [-0.05, 0) is 32.1 Å². The predicted octanol–water partition coefficient (Wildman–Crippen LogP) is 1.67. The van der Waals surface area contributed by atoms with Crippen LogP contribution in [0.3, 0.4) is 0 Å². The molecular weight excluding hydrogens is 224 g/mol. The van der Waals surface area contributed by atoms with Crippen molar-refractivity contribution in [3.05, 3.63) is 17.6 Å². The lowest BCUT2D eigenvalue weighted by atomic mass is 9.90. The predicted molar refractivity (Wildman–Crippen MR) is 72.7 cm³/mol. The van der Waals surface area contributed by atoms with Gasteiger partial charge in [-0.2, -0.15) is 0 Å². The maximum absolute atomic E-state index is 6.28. The average Bonchev–Trinajstić information content (AvgIpc) is 2.86. The fourth-order valence-electron chi connectivity index (χ4n) is 3.42. The highest BCUT2D eigenvalue weighted by Gasteiger charge is 2.29. The SMILES string of the molecule is CN(c1ncnc2c1CCC2)C1CCCCC1N. The maximum Gasteiger partial charge on any atom is 0.135 e. The van der Waals surface area contributed by atoms with E-state index in [2.05, 4.69) is 21.9 Å². The number of nitrogens with zero attached hydrogens (tertiary/aromatic N) is 3. The van der Waals surface area contributed by atoms with Crippen LogP contribution in [0.5, 0.6) is 0 Å². The Morgan fingerprint density at radius 3 is 2.83 bits per heavy atom. The van der Waals surface area contributed by atoms with Crippen molar-refractivity contribution in [2.45, 2.75) is 57.0 Å². The monoisotopic (exact) mass is 246 g/mol. The van der Waals surface area contributed by atoms with Crippen LogP contribution in [0.4, 0.5) is 5.82 Å². The minimum absolute atomic E-state index is 0.288. The second-order valence-corrected chi connectivity index (χ2v) is 5.60. The molecule has 18 heavy (non-hydrogen) atoms. The van der Waals surface area contributed by atoms with Crippen molar-refractivity contribution in [2.75, 3.05) is 11.9 Å². The molecule has 1 aromatic heterocycles. The lowest BCUT2D eigenvalue weighted by Gasteiger charge is -2.37. The number of hydrogen-bond acceptors (Lipinski definition) is 4. The smallest absolute Gasteiger partial charge is 0.135 e. The van der Waals surface area contributed by atoms with Gasteiger partial charge in [-0.15, -0.1) is 0 Å². The van der Waals surface area contributed by atoms with E-state index in [1.54, 1.807) is 6.33 Å². The summed E-state index contributed by atoms with van der Waals surface area (Å²) in [7, 11) is 2.15. The first kappa shape index (κ1) is 11.9. The number of hydrogen-bond donors (Lipinski definition) is 1. The third-order valence-electron chi connectivity index (χ3n) is 4.47. The van der Waals surface area contributed by atoms with E-state index in [0.29, 0.717) is 6.04 Å². The molecular formula is C14H22N4. The van der Waals surface area contributed by atoms with Gasteiger partial charge in [0.05, 0.1) is 0 Å². The number of aryl methyl sites for hydroxylation is 1. The average molecular weight is 246 g/mol. The second kappa shape index (κ2) is 4.84. The van der Waals surface area contributed by atoms with E-state index in [9.17, 15) is 0 Å². The third-order valence-corrected chi connectivity index (χ3v) is 4.47. The normalized spacial score (nSPS) is 27.0. The third kappa shape index (κ3) is 1.99. The minimum Gasteiger partial charge on any atom is -0.355 e. The van der Waals surface area contributed by atoms with Crippen molar-refractivity contribution < 1.29 is 0 Å². The Morgan fingerprint density at radius 2 is 2.00 bits per heavy atom. The topological polar surface area (TPSA) is 55.0 Å². The zero-order chi connectivity index (χ0) is 12.5. The molecule has 2 atom stereocenters. The molecule has 0 radical (unpaired) electrons. The van der Waals surface area contributed by atoms with Crippen LogP contribution in [0.1, 0.15) is 43.4 Å². The van der Waals surface area contributed by atoms with Gasteiger partial charge in [0.2, 0.25) is 0 Å². The van der Waals surface area contributed by atoms with Gasteiger partial charge in [-0.3, -0.25) is 0 Å². The summed E-state index contributed by atoms with van der Waals surface area (Å²) < 4.78 is 0. The van der Waals surface area contributed by atoms with E-state index in [1.165, 1.54) is 36.9 Å². The highest BCUT2D eigenvalue weighted by atomic mass is 15.2. The first-order chi connectivity index (χ1) is 8.77. The summed E-state index contributed by atoms with van der Waals surface area (Å²) in [5.74, 6) is 1.12. The van der Waals surface area contributed by atoms with Crippen molar-refractivity contribution >= 4 is 5.82 Å². The number of anilines is 1. The molecule has 2 N–H and O–H groups in total. The molecule has 0 aliphatic heterocycles. The molecule has 1 saturated carbocycles. The molecule has 0 saturated heterocycles. The second-order valence-electron chi connectivity index (χ2n) is 5.60. The van der Waals surface area contributed by atoms with Crippen LogP contribution < -0.4 is 10.6 Å². The molecule has 2 aliphatic rings. The van der Waals surface area contributed by atoms with Crippen LogP contribution in [0.15, 0.2) is 6.33 Å². The first-order valence-corrected chi connectivity index (χ1v) is 7.08. The van der Waals surface area contributed by atoms with Crippen LogP contribution in [0, 0.1) is 0 Å². The van der Waals surface area contributed by atoms with Crippen molar-refractivity contribution in [2.24, 2.45) is 5.73 Å². The van der Waals surface area contributed by atoms with Gasteiger partial charge in [-0.1, -0.05) is 12.8 Å². The minimum atomic E-state index is 0.288. The van der Waals surface area contributed by atoms with E-state index in [-0.39, 0.29) is 6.04 Å². The highest BCUT2D eigenvalue weighted by Crippen LogP contribution is 2.31. The zero-order valence-electron chi connectivity index (χ0n) is 11.1. The molecule has 98 valence electrons. The fraction of sp³-hybridized carbons (Fsp3) is 0.714. The summed E-state index contributed by atoms with van der Waals surface area (Å²) in [6.07, 6.45) is 10.0. The Hall–Kier alpha value is -1.16. The Bertz CT molecular complexity index is 432. The van der Waals surface area contributed by atoms with E-state index < -0.39 is 0 Å². The molecule has 1 aromatic rings. The van der Waals surface area contributed by atoms with E-state index >= 15 is 0 Å². The van der Waals surface area contributed by atoms with Crippen LogP contribution in [-0.2, 0) is 12.8 Å². The quantitative estimate of drug-likeness (QED) is 0.862. The lowest BCUT2D eigenvalue weighted by Crippen LogP contribution is -2.48. The van der Waals surface area contributed by atoms with E-state index in [4.69, 9.17) is 5.73 Å². The van der Waals surface area contributed by atoms with Gasteiger partial charge >= 0.3 is 0 Å². The molecule has 4 heteroatoms. The number of nitrogens with two attached hydrogens (primary N) is 1. The maximum atomic E-state index is 6.28. The summed E-state index contributed by atoms with van der Waals surface area (Å²) in [5, 5.41) is 0. The van der Waals surface area contributed by atoms with Crippen molar-refractivity contribution in [1.82, 2.24) is 9.97 Å². The molecule has 4 nitrogen and oxygen atoms in total. The summed E-state index contributed by atoms with van der Waals surface area (Å²) in [4.78, 5) is 11.2. The largest absolute Gasteiger partial charge is 0.355 e.